The third kappa shape index (κ3) is 3.03. The number of carbonyl (C=O) groups is 1. The summed E-state index contributed by atoms with van der Waals surface area (Å²) in [4.78, 5) is 15.8. The molecule has 1 unspecified atom stereocenters. The average Bonchev–Trinajstić information content (AvgIpc) is 2.36. The Hall–Kier alpha value is -1.42. The van der Waals surface area contributed by atoms with Gasteiger partial charge in [0.25, 0.3) is 0 Å². The fraction of sp³-hybridized carbons (Fsp3) is 0.500. The Bertz CT molecular complexity index is 340. The number of hydrogen-bond acceptors (Lipinski definition) is 4. The molecule has 88 valence electrons. The van der Waals surface area contributed by atoms with Gasteiger partial charge >= 0.3 is 5.97 Å². The highest BCUT2D eigenvalue weighted by atomic mass is 16.5. The van der Waals surface area contributed by atoms with E-state index in [9.17, 15) is 4.79 Å². The smallest absolute Gasteiger partial charge is 0.312 e. The van der Waals surface area contributed by atoms with Gasteiger partial charge in [0.15, 0.2) is 0 Å². The van der Waals surface area contributed by atoms with Crippen LogP contribution in [0.3, 0.4) is 0 Å². The number of carbonyl (C=O) groups excluding carboxylic acids is 1. The lowest BCUT2D eigenvalue weighted by Crippen LogP contribution is -2.37. The molecular formula is C12H18N2O2. The summed E-state index contributed by atoms with van der Waals surface area (Å²) >= 11 is 0. The van der Waals surface area contributed by atoms with Crippen LogP contribution in [0.4, 0.5) is 0 Å². The molecule has 1 rings (SSSR count). The van der Waals surface area contributed by atoms with Gasteiger partial charge in [-0.25, -0.2) is 0 Å². The molecule has 0 aliphatic heterocycles. The average molecular weight is 222 g/mol. The molecule has 16 heavy (non-hydrogen) atoms. The van der Waals surface area contributed by atoms with E-state index >= 15 is 0 Å². The summed E-state index contributed by atoms with van der Waals surface area (Å²) in [6, 6.07) is 5.74. The van der Waals surface area contributed by atoms with Crippen LogP contribution in [0.2, 0.25) is 0 Å². The van der Waals surface area contributed by atoms with Crippen LogP contribution in [0.25, 0.3) is 0 Å². The Morgan fingerprint density at radius 1 is 1.56 bits per heavy atom. The van der Waals surface area contributed by atoms with E-state index in [0.29, 0.717) is 6.42 Å². The lowest BCUT2D eigenvalue weighted by Gasteiger charge is -2.24. The van der Waals surface area contributed by atoms with E-state index in [-0.39, 0.29) is 12.5 Å². The third-order valence-electron chi connectivity index (χ3n) is 2.79. The van der Waals surface area contributed by atoms with Crippen LogP contribution in [-0.4, -0.2) is 24.6 Å². The van der Waals surface area contributed by atoms with Gasteiger partial charge in [-0.15, -0.1) is 0 Å². The van der Waals surface area contributed by atoms with Gasteiger partial charge in [-0.1, -0.05) is 6.07 Å². The maximum absolute atomic E-state index is 11.6. The van der Waals surface area contributed by atoms with Crippen molar-refractivity contribution in [3.8, 4) is 0 Å². The van der Waals surface area contributed by atoms with E-state index in [2.05, 4.69) is 4.98 Å². The minimum atomic E-state index is -0.619. The molecule has 0 bridgehead atoms. The fourth-order valence-electron chi connectivity index (χ4n) is 1.48. The molecule has 0 aliphatic carbocycles. The summed E-state index contributed by atoms with van der Waals surface area (Å²) in [5.74, 6) is -0.258. The minimum Gasteiger partial charge on any atom is -0.469 e. The summed E-state index contributed by atoms with van der Waals surface area (Å²) in [5, 5.41) is 0. The van der Waals surface area contributed by atoms with Crippen molar-refractivity contribution < 1.29 is 9.53 Å². The van der Waals surface area contributed by atoms with Crippen LogP contribution in [0.1, 0.15) is 19.0 Å². The highest BCUT2D eigenvalue weighted by Crippen LogP contribution is 2.23. The summed E-state index contributed by atoms with van der Waals surface area (Å²) in [5.41, 5.74) is 5.97. The predicted molar refractivity (Wildman–Crippen MR) is 61.7 cm³/mol. The quantitative estimate of drug-likeness (QED) is 0.759. The number of esters is 1. The molecule has 0 saturated carbocycles. The molecule has 0 saturated heterocycles. The van der Waals surface area contributed by atoms with E-state index in [4.69, 9.17) is 10.5 Å². The second-order valence-electron chi connectivity index (χ2n) is 4.08. The monoisotopic (exact) mass is 222 g/mol. The lowest BCUT2D eigenvalue weighted by atomic mass is 9.85. The number of rotatable bonds is 5. The van der Waals surface area contributed by atoms with Crippen molar-refractivity contribution in [2.24, 2.45) is 11.1 Å². The SMILES string of the molecule is COC(=O)C(C)(CN)CCc1ccccn1. The topological polar surface area (TPSA) is 65.2 Å². The molecule has 0 fully saturated rings. The summed E-state index contributed by atoms with van der Waals surface area (Å²) in [7, 11) is 1.39. The van der Waals surface area contributed by atoms with Crippen molar-refractivity contribution in [3.63, 3.8) is 0 Å². The van der Waals surface area contributed by atoms with Gasteiger partial charge < -0.3 is 10.5 Å². The van der Waals surface area contributed by atoms with Crippen molar-refractivity contribution in [2.45, 2.75) is 19.8 Å². The molecule has 1 heterocycles. The second-order valence-corrected chi connectivity index (χ2v) is 4.08. The lowest BCUT2D eigenvalue weighted by molar-refractivity contribution is -0.151. The van der Waals surface area contributed by atoms with Crippen molar-refractivity contribution >= 4 is 5.97 Å². The number of methoxy groups -OCH3 is 1. The van der Waals surface area contributed by atoms with Crippen LogP contribution in [0, 0.1) is 5.41 Å². The molecular weight excluding hydrogens is 204 g/mol. The number of pyridine rings is 1. The van der Waals surface area contributed by atoms with Gasteiger partial charge in [0.2, 0.25) is 0 Å². The molecule has 2 N–H and O–H groups in total. The number of nitrogens with two attached hydrogens (primary N) is 1. The standard InChI is InChI=1S/C12H18N2O2/c1-12(9-13,11(15)16-2)7-6-10-5-3-4-8-14-10/h3-5,8H,6-7,9,13H2,1-2H3. The van der Waals surface area contributed by atoms with E-state index in [1.165, 1.54) is 7.11 Å². The van der Waals surface area contributed by atoms with Gasteiger partial charge in [-0.2, -0.15) is 0 Å². The van der Waals surface area contributed by atoms with Crippen LogP contribution in [-0.2, 0) is 16.0 Å². The van der Waals surface area contributed by atoms with E-state index < -0.39 is 5.41 Å². The highest BCUT2D eigenvalue weighted by Gasteiger charge is 2.32. The third-order valence-corrected chi connectivity index (χ3v) is 2.79. The summed E-state index contributed by atoms with van der Waals surface area (Å²) in [6.07, 6.45) is 3.12. The van der Waals surface area contributed by atoms with Gasteiger partial charge in [0, 0.05) is 18.4 Å². The van der Waals surface area contributed by atoms with Crippen molar-refractivity contribution in [2.75, 3.05) is 13.7 Å². The zero-order valence-electron chi connectivity index (χ0n) is 9.77. The molecule has 4 nitrogen and oxygen atoms in total. The second kappa shape index (κ2) is 5.61. The first kappa shape index (κ1) is 12.6. The molecule has 1 aromatic rings. The maximum Gasteiger partial charge on any atom is 0.312 e. The van der Waals surface area contributed by atoms with E-state index in [1.807, 2.05) is 25.1 Å². The zero-order chi connectivity index (χ0) is 12.0. The van der Waals surface area contributed by atoms with Gasteiger partial charge in [-0.3, -0.25) is 9.78 Å². The van der Waals surface area contributed by atoms with Crippen LogP contribution in [0.15, 0.2) is 24.4 Å². The number of ether oxygens (including phenoxy) is 1. The minimum absolute atomic E-state index is 0.258. The highest BCUT2D eigenvalue weighted by molar-refractivity contribution is 5.76. The Morgan fingerprint density at radius 3 is 2.81 bits per heavy atom. The number of hydrogen-bond donors (Lipinski definition) is 1. The molecule has 4 heteroatoms. The first-order valence-electron chi connectivity index (χ1n) is 5.31. The fourth-order valence-corrected chi connectivity index (χ4v) is 1.48. The van der Waals surface area contributed by atoms with Crippen molar-refractivity contribution in [3.05, 3.63) is 30.1 Å². The van der Waals surface area contributed by atoms with Crippen molar-refractivity contribution in [1.82, 2.24) is 4.98 Å². The Balaban J connectivity index is 2.62. The van der Waals surface area contributed by atoms with E-state index in [1.54, 1.807) is 6.20 Å². The molecule has 0 spiro atoms. The van der Waals surface area contributed by atoms with Gasteiger partial charge in [-0.05, 0) is 31.9 Å². The van der Waals surface area contributed by atoms with Gasteiger partial charge in [0.1, 0.15) is 0 Å². The molecule has 0 aliphatic rings. The number of aryl methyl sites for hydroxylation is 1. The number of nitrogens with zero attached hydrogens (tertiary/aromatic N) is 1. The molecule has 0 radical (unpaired) electrons. The Kier molecular flexibility index (Phi) is 4.43. The largest absolute Gasteiger partial charge is 0.469 e. The number of aromatic nitrogens is 1. The summed E-state index contributed by atoms with van der Waals surface area (Å²) < 4.78 is 4.76. The summed E-state index contributed by atoms with van der Waals surface area (Å²) in [6.45, 7) is 2.11. The molecule has 0 amide bonds. The first-order valence-corrected chi connectivity index (χ1v) is 5.31. The molecule has 0 aromatic carbocycles. The predicted octanol–water partition coefficient (Wildman–Crippen LogP) is 1.15. The first-order chi connectivity index (χ1) is 7.62. The van der Waals surface area contributed by atoms with Crippen LogP contribution >= 0.6 is 0 Å². The zero-order valence-corrected chi connectivity index (χ0v) is 9.77. The van der Waals surface area contributed by atoms with Crippen LogP contribution < -0.4 is 5.73 Å². The van der Waals surface area contributed by atoms with Crippen molar-refractivity contribution in [1.29, 1.82) is 0 Å². The Morgan fingerprint density at radius 2 is 2.31 bits per heavy atom. The van der Waals surface area contributed by atoms with E-state index in [0.717, 1.165) is 12.1 Å². The molecule has 1 atom stereocenters. The normalized spacial score (nSPS) is 14.2. The van der Waals surface area contributed by atoms with Gasteiger partial charge in [0.05, 0.1) is 12.5 Å². The van der Waals surface area contributed by atoms with Crippen LogP contribution in [0.5, 0.6) is 0 Å². The molecule has 1 aromatic heterocycles. The maximum atomic E-state index is 11.6. The Labute approximate surface area is 95.8 Å².